The third-order valence-corrected chi connectivity index (χ3v) is 4.69. The normalized spacial score (nSPS) is 19.2. The first-order valence-electron chi connectivity index (χ1n) is 8.76. The molecule has 0 spiro atoms. The van der Waals surface area contributed by atoms with Crippen LogP contribution in [0, 0.1) is 5.92 Å². The Hall–Kier alpha value is -1.66. The molecule has 1 amide bonds. The summed E-state index contributed by atoms with van der Waals surface area (Å²) in [5.74, 6) is 0.314. The van der Waals surface area contributed by atoms with E-state index in [2.05, 4.69) is 61.2 Å². The van der Waals surface area contributed by atoms with Gasteiger partial charge in [-0.2, -0.15) is 0 Å². The van der Waals surface area contributed by atoms with E-state index in [1.165, 1.54) is 11.1 Å². The fourth-order valence-corrected chi connectivity index (χ4v) is 2.91. The van der Waals surface area contributed by atoms with Crippen molar-refractivity contribution in [3.05, 3.63) is 35.4 Å². The summed E-state index contributed by atoms with van der Waals surface area (Å²) < 4.78 is 4.97. The van der Waals surface area contributed by atoms with Gasteiger partial charge in [-0.15, -0.1) is 0 Å². The van der Waals surface area contributed by atoms with Crippen molar-refractivity contribution < 1.29 is 9.53 Å². The minimum absolute atomic E-state index is 0.00839. The lowest BCUT2D eigenvalue weighted by Crippen LogP contribution is -2.47. The molecule has 25 heavy (non-hydrogen) atoms. The largest absolute Gasteiger partial charge is 0.385 e. The van der Waals surface area contributed by atoms with Gasteiger partial charge in [0.2, 0.25) is 5.91 Å². The topological polar surface area (TPSA) is 62.4 Å². The summed E-state index contributed by atoms with van der Waals surface area (Å²) in [6.45, 7) is 8.00. The molecule has 1 saturated carbocycles. The summed E-state index contributed by atoms with van der Waals surface area (Å²) in [4.78, 5) is 12.2. The minimum Gasteiger partial charge on any atom is -0.385 e. The Bertz CT molecular complexity index is 596. The van der Waals surface area contributed by atoms with E-state index in [4.69, 9.17) is 17.0 Å². The Morgan fingerprint density at radius 2 is 1.92 bits per heavy atom. The second-order valence-corrected chi connectivity index (χ2v) is 7.95. The van der Waals surface area contributed by atoms with Crippen molar-refractivity contribution in [1.29, 1.82) is 0 Å². The van der Waals surface area contributed by atoms with Crippen molar-refractivity contribution in [3.63, 3.8) is 0 Å². The average molecular weight is 364 g/mol. The Balaban J connectivity index is 1.73. The predicted molar refractivity (Wildman–Crippen MR) is 104 cm³/mol. The summed E-state index contributed by atoms with van der Waals surface area (Å²) in [6.07, 6.45) is 1.75. The summed E-state index contributed by atoms with van der Waals surface area (Å²) >= 11 is 5.12. The zero-order valence-corrected chi connectivity index (χ0v) is 16.3. The lowest BCUT2D eigenvalue weighted by atomic mass is 9.86. The molecule has 1 aliphatic carbocycles. The molecule has 2 rings (SSSR count). The Morgan fingerprint density at radius 3 is 2.52 bits per heavy atom. The van der Waals surface area contributed by atoms with Crippen LogP contribution in [-0.2, 0) is 14.9 Å². The number of hydrogen-bond acceptors (Lipinski definition) is 3. The van der Waals surface area contributed by atoms with E-state index in [0.29, 0.717) is 24.2 Å². The number of nitrogens with one attached hydrogen (secondary N) is 3. The zero-order valence-electron chi connectivity index (χ0n) is 15.5. The first-order chi connectivity index (χ1) is 11.8. The van der Waals surface area contributed by atoms with Crippen LogP contribution in [0.2, 0.25) is 0 Å². The molecule has 0 unspecified atom stereocenters. The van der Waals surface area contributed by atoms with Crippen LogP contribution in [0.3, 0.4) is 0 Å². The Morgan fingerprint density at radius 1 is 1.24 bits per heavy atom. The number of carbonyl (C=O) groups excluding carboxylic acids is 1. The first-order valence-corrected chi connectivity index (χ1v) is 9.17. The molecule has 1 fully saturated rings. The molecule has 0 radical (unpaired) electrons. The van der Waals surface area contributed by atoms with Gasteiger partial charge in [0.05, 0.1) is 0 Å². The van der Waals surface area contributed by atoms with E-state index in [0.717, 1.165) is 12.8 Å². The van der Waals surface area contributed by atoms with E-state index >= 15 is 0 Å². The molecule has 3 N–H and O–H groups in total. The average Bonchev–Trinajstić information content (AvgIpc) is 3.37. The smallest absolute Gasteiger partial charge is 0.242 e. The maximum absolute atomic E-state index is 12.2. The Labute approximate surface area is 155 Å². The number of ether oxygens (including phenoxy) is 1. The van der Waals surface area contributed by atoms with Crippen molar-refractivity contribution in [2.75, 3.05) is 20.3 Å². The van der Waals surface area contributed by atoms with Crippen LogP contribution in [0.15, 0.2) is 24.3 Å². The molecule has 138 valence electrons. The highest BCUT2D eigenvalue weighted by atomic mass is 32.1. The maximum Gasteiger partial charge on any atom is 0.242 e. The van der Waals surface area contributed by atoms with Crippen molar-refractivity contribution in [1.82, 2.24) is 16.2 Å². The third kappa shape index (κ3) is 5.97. The number of thiocarbonyl (C=S) groups is 1. The number of methoxy groups -OCH3 is 1. The molecule has 0 bridgehead atoms. The first kappa shape index (κ1) is 19.7. The quantitative estimate of drug-likeness (QED) is 0.412. The predicted octanol–water partition coefficient (Wildman–Crippen LogP) is 2.62. The molecular weight excluding hydrogens is 334 g/mol. The second kappa shape index (κ2) is 8.63. The lowest BCUT2D eigenvalue weighted by molar-refractivity contribution is -0.122. The molecule has 5 nitrogen and oxygen atoms in total. The van der Waals surface area contributed by atoms with Crippen LogP contribution in [0.4, 0.5) is 0 Å². The molecule has 0 heterocycles. The van der Waals surface area contributed by atoms with E-state index in [1.807, 2.05) is 0 Å². The summed E-state index contributed by atoms with van der Waals surface area (Å²) in [7, 11) is 1.67. The van der Waals surface area contributed by atoms with Crippen LogP contribution < -0.4 is 16.2 Å². The van der Waals surface area contributed by atoms with E-state index < -0.39 is 0 Å². The van der Waals surface area contributed by atoms with Gasteiger partial charge in [-0.1, -0.05) is 45.0 Å². The van der Waals surface area contributed by atoms with Crippen LogP contribution in [0.25, 0.3) is 0 Å². The van der Waals surface area contributed by atoms with E-state index in [1.54, 1.807) is 7.11 Å². The number of benzene rings is 1. The summed E-state index contributed by atoms with van der Waals surface area (Å²) in [5.41, 5.74) is 8.15. The second-order valence-electron chi connectivity index (χ2n) is 7.54. The van der Waals surface area contributed by atoms with Gasteiger partial charge < -0.3 is 10.1 Å². The van der Waals surface area contributed by atoms with Gasteiger partial charge >= 0.3 is 0 Å². The molecule has 0 aliphatic heterocycles. The van der Waals surface area contributed by atoms with Crippen LogP contribution in [0.5, 0.6) is 0 Å². The van der Waals surface area contributed by atoms with Gasteiger partial charge in [0.1, 0.15) is 0 Å². The highest BCUT2D eigenvalue weighted by Gasteiger charge is 2.44. The van der Waals surface area contributed by atoms with Gasteiger partial charge in [-0.3, -0.25) is 15.6 Å². The molecule has 0 aromatic heterocycles. The van der Waals surface area contributed by atoms with E-state index in [-0.39, 0.29) is 17.2 Å². The number of amides is 1. The highest BCUT2D eigenvalue weighted by molar-refractivity contribution is 7.80. The van der Waals surface area contributed by atoms with Gasteiger partial charge in [-0.05, 0) is 47.5 Å². The standard InChI is InChI=1S/C19H29N3O2S/c1-19(2,3)14-8-6-13(7-9-14)15-12-16(15)17(23)21-22-18(25)20-10-5-11-24-4/h6-9,15-16H,5,10-12H2,1-4H3,(H,21,23)(H2,20,22,25)/t15-,16+/m1/s1. The number of rotatable bonds is 6. The van der Waals surface area contributed by atoms with Crippen LogP contribution in [0.1, 0.15) is 50.7 Å². The fraction of sp³-hybridized carbons (Fsp3) is 0.579. The van der Waals surface area contributed by atoms with Gasteiger partial charge in [0.25, 0.3) is 0 Å². The van der Waals surface area contributed by atoms with Crippen molar-refractivity contribution in [3.8, 4) is 0 Å². The van der Waals surface area contributed by atoms with Crippen LogP contribution >= 0.6 is 12.2 Å². The molecule has 1 aliphatic rings. The van der Waals surface area contributed by atoms with Gasteiger partial charge in [0.15, 0.2) is 5.11 Å². The zero-order chi connectivity index (χ0) is 18.4. The third-order valence-electron chi connectivity index (χ3n) is 4.44. The highest BCUT2D eigenvalue weighted by Crippen LogP contribution is 2.47. The van der Waals surface area contributed by atoms with E-state index in [9.17, 15) is 4.79 Å². The molecule has 1 aromatic rings. The van der Waals surface area contributed by atoms with Crippen molar-refractivity contribution in [2.45, 2.75) is 44.9 Å². The lowest BCUT2D eigenvalue weighted by Gasteiger charge is -2.19. The minimum atomic E-state index is -0.00839. The molecule has 6 heteroatoms. The SMILES string of the molecule is COCCCNC(=S)NNC(=O)[C@H]1C[C@@H]1c1ccc(C(C)(C)C)cc1. The summed E-state index contributed by atoms with van der Waals surface area (Å²) in [5, 5.41) is 3.45. The number of hydrazine groups is 1. The maximum atomic E-state index is 12.2. The van der Waals surface area contributed by atoms with Crippen molar-refractivity contribution >= 4 is 23.2 Å². The molecule has 0 saturated heterocycles. The van der Waals surface area contributed by atoms with Gasteiger partial charge in [-0.25, -0.2) is 0 Å². The van der Waals surface area contributed by atoms with Gasteiger partial charge in [0, 0.05) is 26.2 Å². The molecule has 1 aromatic carbocycles. The van der Waals surface area contributed by atoms with Crippen LogP contribution in [-0.4, -0.2) is 31.3 Å². The van der Waals surface area contributed by atoms with Crippen molar-refractivity contribution in [2.24, 2.45) is 5.92 Å². The molecule has 2 atom stereocenters. The Kier molecular flexibility index (Phi) is 6.79. The summed E-state index contributed by atoms with van der Waals surface area (Å²) in [6, 6.07) is 8.63. The number of carbonyl (C=O) groups is 1. The molecular formula is C19H29N3O2S. The number of hydrogen-bond donors (Lipinski definition) is 3. The fourth-order valence-electron chi connectivity index (χ4n) is 2.76. The monoisotopic (exact) mass is 363 g/mol.